The highest BCUT2D eigenvalue weighted by Crippen LogP contribution is 2.27. The molecular formula is C25H25N3O4S. The number of rotatable bonds is 7. The molecule has 0 fully saturated rings. The average molecular weight is 464 g/mol. The molecule has 0 spiro atoms. The van der Waals surface area contributed by atoms with E-state index < -0.39 is 22.0 Å². The van der Waals surface area contributed by atoms with Crippen LogP contribution < -0.4 is 15.4 Å². The third-order valence-electron chi connectivity index (χ3n) is 5.58. The van der Waals surface area contributed by atoms with Crippen molar-refractivity contribution in [1.82, 2.24) is 4.72 Å². The van der Waals surface area contributed by atoms with Gasteiger partial charge in [-0.3, -0.25) is 9.59 Å². The molecule has 3 N–H and O–H groups in total. The molecule has 0 radical (unpaired) electrons. The standard InChI is InChI=1S/C25H25N3O4S/c1-2-17-8-11-20(12-9-17)26-25(30)24(18-6-4-3-5-7-18)28-33(31,32)21-13-14-22-19(16-21)10-15-23(29)27-22/h3-9,11-14,16,24,28H,2,10,15H2,1H3,(H,26,30)(H,27,29)/t24-/m1/s1. The number of anilines is 2. The van der Waals surface area contributed by atoms with E-state index in [1.165, 1.54) is 6.07 Å². The molecule has 33 heavy (non-hydrogen) atoms. The number of carbonyl (C=O) groups excluding carboxylic acids is 2. The summed E-state index contributed by atoms with van der Waals surface area (Å²) >= 11 is 0. The Morgan fingerprint density at radius 3 is 2.42 bits per heavy atom. The zero-order chi connectivity index (χ0) is 23.4. The van der Waals surface area contributed by atoms with E-state index in [1.54, 1.807) is 54.6 Å². The van der Waals surface area contributed by atoms with E-state index in [9.17, 15) is 18.0 Å². The molecule has 2 amide bonds. The Morgan fingerprint density at radius 2 is 1.73 bits per heavy atom. The SMILES string of the molecule is CCc1ccc(NC(=O)[C@H](NS(=O)(=O)c2ccc3c(c2)CCC(=O)N3)c2ccccc2)cc1. The van der Waals surface area contributed by atoms with Gasteiger partial charge in [-0.05, 0) is 59.9 Å². The summed E-state index contributed by atoms with van der Waals surface area (Å²) < 4.78 is 29.0. The molecule has 0 aliphatic carbocycles. The molecule has 0 saturated carbocycles. The summed E-state index contributed by atoms with van der Waals surface area (Å²) in [7, 11) is -4.03. The molecule has 0 unspecified atom stereocenters. The van der Waals surface area contributed by atoms with Gasteiger partial charge in [0, 0.05) is 17.8 Å². The number of hydrogen-bond acceptors (Lipinski definition) is 4. The van der Waals surface area contributed by atoms with E-state index in [-0.39, 0.29) is 10.8 Å². The fraction of sp³-hybridized carbons (Fsp3) is 0.200. The van der Waals surface area contributed by atoms with Crippen LogP contribution >= 0.6 is 0 Å². The summed E-state index contributed by atoms with van der Waals surface area (Å²) in [6.45, 7) is 2.04. The maximum Gasteiger partial charge on any atom is 0.247 e. The third-order valence-corrected chi connectivity index (χ3v) is 7.00. The van der Waals surface area contributed by atoms with Crippen LogP contribution in [0.3, 0.4) is 0 Å². The third kappa shape index (κ3) is 5.30. The van der Waals surface area contributed by atoms with E-state index in [0.717, 1.165) is 17.5 Å². The second-order valence-electron chi connectivity index (χ2n) is 7.87. The first-order valence-corrected chi connectivity index (χ1v) is 12.2. The molecule has 1 heterocycles. The maximum atomic E-state index is 13.2. The summed E-state index contributed by atoms with van der Waals surface area (Å²) in [5.74, 6) is -0.580. The van der Waals surface area contributed by atoms with Crippen molar-refractivity contribution in [3.8, 4) is 0 Å². The lowest BCUT2D eigenvalue weighted by Gasteiger charge is -2.21. The van der Waals surface area contributed by atoms with Crippen molar-refractivity contribution in [3.63, 3.8) is 0 Å². The molecule has 170 valence electrons. The van der Waals surface area contributed by atoms with Gasteiger partial charge in [0.1, 0.15) is 6.04 Å². The molecule has 3 aromatic rings. The normalized spacial score (nSPS) is 14.2. The van der Waals surface area contributed by atoms with Crippen molar-refractivity contribution in [3.05, 3.63) is 89.5 Å². The van der Waals surface area contributed by atoms with Crippen LogP contribution in [0.2, 0.25) is 0 Å². The molecular weight excluding hydrogens is 438 g/mol. The number of carbonyl (C=O) groups is 2. The fourth-order valence-corrected chi connectivity index (χ4v) is 4.94. The second kappa shape index (κ2) is 9.56. The monoisotopic (exact) mass is 463 g/mol. The lowest BCUT2D eigenvalue weighted by molar-refractivity contribution is -0.118. The van der Waals surface area contributed by atoms with Crippen LogP contribution in [-0.4, -0.2) is 20.2 Å². The van der Waals surface area contributed by atoms with Crippen molar-refractivity contribution < 1.29 is 18.0 Å². The Morgan fingerprint density at radius 1 is 1.00 bits per heavy atom. The van der Waals surface area contributed by atoms with E-state index >= 15 is 0 Å². The predicted molar refractivity (Wildman–Crippen MR) is 127 cm³/mol. The van der Waals surface area contributed by atoms with Crippen LogP contribution in [0.25, 0.3) is 0 Å². The van der Waals surface area contributed by atoms with Crippen LogP contribution in [0.5, 0.6) is 0 Å². The number of benzene rings is 3. The van der Waals surface area contributed by atoms with Crippen molar-refractivity contribution in [1.29, 1.82) is 0 Å². The summed E-state index contributed by atoms with van der Waals surface area (Å²) in [6.07, 6.45) is 1.64. The number of amides is 2. The fourth-order valence-electron chi connectivity index (χ4n) is 3.71. The maximum absolute atomic E-state index is 13.2. The number of fused-ring (bicyclic) bond motifs is 1. The smallest absolute Gasteiger partial charge is 0.247 e. The molecule has 3 aromatic carbocycles. The molecule has 0 aromatic heterocycles. The Labute approximate surface area is 193 Å². The Hall–Kier alpha value is -3.49. The number of hydrogen-bond donors (Lipinski definition) is 3. The minimum atomic E-state index is -4.03. The summed E-state index contributed by atoms with van der Waals surface area (Å²) in [5, 5.41) is 5.55. The van der Waals surface area contributed by atoms with Crippen LogP contribution in [0.15, 0.2) is 77.7 Å². The molecule has 7 nitrogen and oxygen atoms in total. The quantitative estimate of drug-likeness (QED) is 0.496. The van der Waals surface area contributed by atoms with Crippen LogP contribution in [0.1, 0.15) is 36.1 Å². The lowest BCUT2D eigenvalue weighted by Crippen LogP contribution is -2.37. The van der Waals surface area contributed by atoms with E-state index in [4.69, 9.17) is 0 Å². The highest BCUT2D eigenvalue weighted by molar-refractivity contribution is 7.89. The second-order valence-corrected chi connectivity index (χ2v) is 9.59. The van der Waals surface area contributed by atoms with Gasteiger partial charge in [-0.25, -0.2) is 8.42 Å². The highest BCUT2D eigenvalue weighted by Gasteiger charge is 2.28. The summed E-state index contributed by atoms with van der Waals surface area (Å²) in [6, 6.07) is 19.6. The number of aryl methyl sites for hydroxylation is 2. The predicted octanol–water partition coefficient (Wildman–Crippen LogP) is 3.79. The van der Waals surface area contributed by atoms with Gasteiger partial charge in [0.2, 0.25) is 21.8 Å². The first-order valence-electron chi connectivity index (χ1n) is 10.8. The van der Waals surface area contributed by atoms with Crippen LogP contribution in [0.4, 0.5) is 11.4 Å². The van der Waals surface area contributed by atoms with Gasteiger partial charge in [-0.15, -0.1) is 0 Å². The van der Waals surface area contributed by atoms with Crippen molar-refractivity contribution in [2.45, 2.75) is 37.1 Å². The minimum absolute atomic E-state index is 0.0402. The van der Waals surface area contributed by atoms with Crippen molar-refractivity contribution in [2.75, 3.05) is 10.6 Å². The molecule has 1 aliphatic heterocycles. The van der Waals surface area contributed by atoms with Gasteiger partial charge >= 0.3 is 0 Å². The van der Waals surface area contributed by atoms with Gasteiger partial charge in [-0.2, -0.15) is 4.72 Å². The summed E-state index contributed by atoms with van der Waals surface area (Å²) in [4.78, 5) is 24.8. The van der Waals surface area contributed by atoms with E-state index in [1.807, 2.05) is 19.1 Å². The Kier molecular flexibility index (Phi) is 6.57. The molecule has 4 rings (SSSR count). The zero-order valence-electron chi connectivity index (χ0n) is 18.2. The highest BCUT2D eigenvalue weighted by atomic mass is 32.2. The van der Waals surface area contributed by atoms with E-state index in [2.05, 4.69) is 15.4 Å². The average Bonchev–Trinajstić information content (AvgIpc) is 2.83. The number of sulfonamides is 1. The first-order chi connectivity index (χ1) is 15.9. The minimum Gasteiger partial charge on any atom is -0.326 e. The van der Waals surface area contributed by atoms with Crippen molar-refractivity contribution >= 4 is 33.2 Å². The zero-order valence-corrected chi connectivity index (χ0v) is 19.0. The van der Waals surface area contributed by atoms with Gasteiger partial charge in [0.05, 0.1) is 4.90 Å². The number of nitrogens with one attached hydrogen (secondary N) is 3. The largest absolute Gasteiger partial charge is 0.326 e. The molecule has 0 saturated heterocycles. The molecule has 8 heteroatoms. The molecule has 1 atom stereocenters. The topological polar surface area (TPSA) is 104 Å². The van der Waals surface area contributed by atoms with Gasteiger partial charge in [0.15, 0.2) is 0 Å². The first kappa shape index (κ1) is 22.7. The van der Waals surface area contributed by atoms with E-state index in [0.29, 0.717) is 29.8 Å². The summed E-state index contributed by atoms with van der Waals surface area (Å²) in [5.41, 5.74) is 3.60. The van der Waals surface area contributed by atoms with Crippen LogP contribution in [0, 0.1) is 0 Å². The lowest BCUT2D eigenvalue weighted by atomic mass is 10.0. The van der Waals surface area contributed by atoms with Crippen LogP contribution in [-0.2, 0) is 32.5 Å². The Balaban J connectivity index is 1.61. The molecule has 0 bridgehead atoms. The van der Waals surface area contributed by atoms with Gasteiger partial charge in [-0.1, -0.05) is 49.4 Å². The van der Waals surface area contributed by atoms with Crippen molar-refractivity contribution in [2.24, 2.45) is 0 Å². The van der Waals surface area contributed by atoms with Gasteiger partial charge in [0.25, 0.3) is 0 Å². The Bertz CT molecular complexity index is 1270. The van der Waals surface area contributed by atoms with Gasteiger partial charge < -0.3 is 10.6 Å². The molecule has 1 aliphatic rings.